The highest BCUT2D eigenvalue weighted by atomic mass is 35.5. The summed E-state index contributed by atoms with van der Waals surface area (Å²) in [6, 6.07) is 5.56. The van der Waals surface area contributed by atoms with Gasteiger partial charge in [0.15, 0.2) is 6.61 Å². The zero-order valence-corrected chi connectivity index (χ0v) is 17.5. The van der Waals surface area contributed by atoms with Crippen LogP contribution in [-0.4, -0.2) is 65.6 Å². The number of piperazine rings is 1. The lowest BCUT2D eigenvalue weighted by atomic mass is 10.1. The number of amides is 2. The Kier molecular flexibility index (Phi) is 7.06. The number of rotatable bonds is 4. The number of ether oxygens (including phenoxy) is 1. The molecular weight excluding hydrogens is 480 g/mol. The van der Waals surface area contributed by atoms with Crippen LogP contribution in [0.25, 0.3) is 0 Å². The Hall–Kier alpha value is -3.02. The molecule has 0 unspecified atom stereocenters. The van der Waals surface area contributed by atoms with Crippen LogP contribution in [-0.2, 0) is 6.18 Å². The fourth-order valence-electron chi connectivity index (χ4n) is 3.18. The zero-order chi connectivity index (χ0) is 24.4. The van der Waals surface area contributed by atoms with Gasteiger partial charge in [0.2, 0.25) is 5.88 Å². The number of carbonyl (C=O) groups is 2. The second-order valence-electron chi connectivity index (χ2n) is 7.04. The monoisotopic (exact) mass is 495 g/mol. The number of hydrogen-bond donors (Lipinski definition) is 0. The Labute approximate surface area is 188 Å². The molecule has 0 bridgehead atoms. The van der Waals surface area contributed by atoms with E-state index in [1.54, 1.807) is 0 Å². The zero-order valence-electron chi connectivity index (χ0n) is 16.7. The molecule has 2 aromatic rings. The first-order valence-electron chi connectivity index (χ1n) is 9.46. The normalized spacial score (nSPS) is 14.9. The molecule has 1 aliphatic heterocycles. The summed E-state index contributed by atoms with van der Waals surface area (Å²) >= 11 is 5.86. The summed E-state index contributed by atoms with van der Waals surface area (Å²) in [5, 5.41) is -0.289. The second-order valence-corrected chi connectivity index (χ2v) is 7.45. The van der Waals surface area contributed by atoms with Gasteiger partial charge in [0.05, 0.1) is 16.7 Å². The predicted molar refractivity (Wildman–Crippen MR) is 104 cm³/mol. The van der Waals surface area contributed by atoms with Gasteiger partial charge in [-0.2, -0.15) is 26.3 Å². The number of aromatic nitrogens is 1. The lowest BCUT2D eigenvalue weighted by Crippen LogP contribution is -2.50. The minimum absolute atomic E-state index is 0.00922. The SMILES string of the molecule is O=C(c1cnc(OCC(F)(F)F)c(Cl)c1)N1CCN(C(=O)c2ccccc2C(F)(F)F)CC1. The van der Waals surface area contributed by atoms with Crippen LogP contribution < -0.4 is 4.74 Å². The molecule has 0 spiro atoms. The first kappa shape index (κ1) is 24.6. The minimum atomic E-state index is -4.69. The summed E-state index contributed by atoms with van der Waals surface area (Å²) < 4.78 is 80.8. The fraction of sp³-hybridized carbons (Fsp3) is 0.350. The van der Waals surface area contributed by atoms with E-state index in [4.69, 9.17) is 11.6 Å². The van der Waals surface area contributed by atoms with Crippen molar-refractivity contribution < 1.29 is 40.7 Å². The quantitative estimate of drug-likeness (QED) is 0.594. The van der Waals surface area contributed by atoms with Crippen LogP contribution in [0.5, 0.6) is 5.88 Å². The van der Waals surface area contributed by atoms with E-state index in [1.165, 1.54) is 21.9 Å². The molecule has 178 valence electrons. The Morgan fingerprint density at radius 3 is 2.09 bits per heavy atom. The molecule has 1 fully saturated rings. The maximum atomic E-state index is 13.2. The number of halogens is 7. The topological polar surface area (TPSA) is 62.7 Å². The van der Waals surface area contributed by atoms with Crippen LogP contribution >= 0.6 is 11.6 Å². The van der Waals surface area contributed by atoms with Gasteiger partial charge in [0, 0.05) is 32.4 Å². The molecule has 1 aromatic carbocycles. The summed E-state index contributed by atoms with van der Waals surface area (Å²) in [5.41, 5.74) is -1.53. The van der Waals surface area contributed by atoms with Crippen LogP contribution in [0, 0.1) is 0 Å². The van der Waals surface area contributed by atoms with E-state index in [0.717, 1.165) is 24.4 Å². The first-order valence-corrected chi connectivity index (χ1v) is 9.84. The molecular formula is C20H16ClF6N3O3. The lowest BCUT2D eigenvalue weighted by molar-refractivity contribution is -0.154. The van der Waals surface area contributed by atoms with E-state index < -0.39 is 47.8 Å². The predicted octanol–water partition coefficient (Wildman–Crippen LogP) is 4.29. The first-order chi connectivity index (χ1) is 15.4. The van der Waals surface area contributed by atoms with Crippen molar-refractivity contribution in [1.29, 1.82) is 0 Å². The second kappa shape index (κ2) is 9.46. The Morgan fingerprint density at radius 1 is 0.970 bits per heavy atom. The van der Waals surface area contributed by atoms with Gasteiger partial charge >= 0.3 is 12.4 Å². The van der Waals surface area contributed by atoms with E-state index >= 15 is 0 Å². The fourth-order valence-corrected chi connectivity index (χ4v) is 3.40. The van der Waals surface area contributed by atoms with Crippen molar-refractivity contribution in [1.82, 2.24) is 14.8 Å². The third kappa shape index (κ3) is 6.06. The molecule has 1 aliphatic rings. The van der Waals surface area contributed by atoms with Crippen molar-refractivity contribution in [2.75, 3.05) is 32.8 Å². The van der Waals surface area contributed by atoms with Crippen molar-refractivity contribution in [3.05, 3.63) is 58.2 Å². The number of carbonyl (C=O) groups excluding carboxylic acids is 2. The van der Waals surface area contributed by atoms with Gasteiger partial charge in [0.25, 0.3) is 11.8 Å². The summed E-state index contributed by atoms with van der Waals surface area (Å²) in [6.45, 7) is -1.55. The third-order valence-corrected chi connectivity index (χ3v) is 5.01. The maximum Gasteiger partial charge on any atom is 0.422 e. The molecule has 0 saturated carbocycles. The maximum absolute atomic E-state index is 13.2. The van der Waals surface area contributed by atoms with Crippen molar-refractivity contribution in [3.8, 4) is 5.88 Å². The van der Waals surface area contributed by atoms with Crippen LogP contribution in [0.3, 0.4) is 0 Å². The van der Waals surface area contributed by atoms with E-state index in [1.807, 2.05) is 0 Å². The highest BCUT2D eigenvalue weighted by Crippen LogP contribution is 2.32. The highest BCUT2D eigenvalue weighted by molar-refractivity contribution is 6.32. The van der Waals surface area contributed by atoms with Gasteiger partial charge in [-0.1, -0.05) is 23.7 Å². The standard InChI is InChI=1S/C20H16ClF6N3O3/c21-15-9-12(10-28-16(15)33-11-19(22,23)24)17(31)29-5-7-30(8-6-29)18(32)13-3-1-2-4-14(13)20(25,26)27/h1-4,9-10H,5-8,11H2. The summed E-state index contributed by atoms with van der Waals surface area (Å²) in [4.78, 5) is 31.5. The summed E-state index contributed by atoms with van der Waals surface area (Å²) in [6.07, 6.45) is -8.26. The Balaban J connectivity index is 1.64. The number of hydrogen-bond acceptors (Lipinski definition) is 4. The lowest BCUT2D eigenvalue weighted by Gasteiger charge is -2.35. The Morgan fingerprint density at radius 2 is 1.55 bits per heavy atom. The molecule has 1 aromatic heterocycles. The van der Waals surface area contributed by atoms with Gasteiger partial charge in [-0.05, 0) is 18.2 Å². The molecule has 2 heterocycles. The van der Waals surface area contributed by atoms with E-state index in [2.05, 4.69) is 9.72 Å². The number of benzene rings is 1. The van der Waals surface area contributed by atoms with Gasteiger partial charge in [-0.3, -0.25) is 9.59 Å². The molecule has 0 atom stereocenters. The van der Waals surface area contributed by atoms with E-state index in [-0.39, 0.29) is 36.8 Å². The minimum Gasteiger partial charge on any atom is -0.467 e. The molecule has 0 N–H and O–H groups in total. The molecule has 2 amide bonds. The highest BCUT2D eigenvalue weighted by Gasteiger charge is 2.36. The molecule has 3 rings (SSSR count). The van der Waals surface area contributed by atoms with Gasteiger partial charge < -0.3 is 14.5 Å². The molecule has 33 heavy (non-hydrogen) atoms. The van der Waals surface area contributed by atoms with Crippen LogP contribution in [0.4, 0.5) is 26.3 Å². The summed E-state index contributed by atoms with van der Waals surface area (Å²) in [5.74, 6) is -1.83. The Bertz CT molecular complexity index is 1040. The molecule has 6 nitrogen and oxygen atoms in total. The molecule has 13 heteroatoms. The average molecular weight is 496 g/mol. The van der Waals surface area contributed by atoms with Crippen LogP contribution in [0.2, 0.25) is 5.02 Å². The molecule has 0 aliphatic carbocycles. The van der Waals surface area contributed by atoms with Crippen molar-refractivity contribution in [2.45, 2.75) is 12.4 Å². The molecule has 0 radical (unpaired) electrons. The van der Waals surface area contributed by atoms with Crippen molar-refractivity contribution in [2.24, 2.45) is 0 Å². The van der Waals surface area contributed by atoms with Gasteiger partial charge in [-0.25, -0.2) is 4.98 Å². The summed E-state index contributed by atoms with van der Waals surface area (Å²) in [7, 11) is 0. The van der Waals surface area contributed by atoms with E-state index in [9.17, 15) is 35.9 Å². The average Bonchev–Trinajstić information content (AvgIpc) is 2.76. The van der Waals surface area contributed by atoms with Crippen molar-refractivity contribution >= 4 is 23.4 Å². The molecule has 1 saturated heterocycles. The number of alkyl halides is 6. The number of pyridine rings is 1. The third-order valence-electron chi connectivity index (χ3n) is 4.74. The largest absolute Gasteiger partial charge is 0.467 e. The number of nitrogens with zero attached hydrogens (tertiary/aromatic N) is 3. The smallest absolute Gasteiger partial charge is 0.422 e. The van der Waals surface area contributed by atoms with Crippen LogP contribution in [0.1, 0.15) is 26.3 Å². The van der Waals surface area contributed by atoms with Crippen molar-refractivity contribution in [3.63, 3.8) is 0 Å². The van der Waals surface area contributed by atoms with Gasteiger partial charge in [0.1, 0.15) is 5.02 Å². The van der Waals surface area contributed by atoms with Crippen LogP contribution in [0.15, 0.2) is 36.5 Å². The van der Waals surface area contributed by atoms with E-state index in [0.29, 0.717) is 0 Å². The van der Waals surface area contributed by atoms with Gasteiger partial charge in [-0.15, -0.1) is 0 Å².